The number of hydrogen-bond donors (Lipinski definition) is 0. The van der Waals surface area contributed by atoms with Gasteiger partial charge < -0.3 is 0 Å². The Labute approximate surface area is 109 Å². The molecule has 1 aromatic carbocycles. The largest absolute Gasteiger partial charge is 0.416 e. The first-order valence-electron chi connectivity index (χ1n) is 5.34. The minimum absolute atomic E-state index is 0.0846. The minimum Gasteiger partial charge on any atom is -0.266 e. The second-order valence-electron chi connectivity index (χ2n) is 4.01. The maximum atomic E-state index is 12.3. The van der Waals surface area contributed by atoms with Crippen LogP contribution >= 0.6 is 0 Å². The molecule has 19 heavy (non-hydrogen) atoms. The van der Waals surface area contributed by atoms with Gasteiger partial charge in [0, 0.05) is 0 Å². The molecule has 0 amide bonds. The van der Waals surface area contributed by atoms with Crippen LogP contribution in [-0.4, -0.2) is 15.0 Å². The van der Waals surface area contributed by atoms with E-state index in [4.69, 9.17) is 0 Å². The van der Waals surface area contributed by atoms with Gasteiger partial charge in [0.2, 0.25) is 0 Å². The Bertz CT molecular complexity index is 545. The van der Waals surface area contributed by atoms with Crippen molar-refractivity contribution in [2.24, 2.45) is 0 Å². The molecule has 0 saturated heterocycles. The summed E-state index contributed by atoms with van der Waals surface area (Å²) in [7, 11) is -4.03. The van der Waals surface area contributed by atoms with Crippen LogP contribution in [0.5, 0.6) is 0 Å². The Hall–Kier alpha value is -1.34. The van der Waals surface area contributed by atoms with E-state index in [-0.39, 0.29) is 11.5 Å². The van der Waals surface area contributed by atoms with E-state index < -0.39 is 21.9 Å². The van der Waals surface area contributed by atoms with E-state index >= 15 is 0 Å². The summed E-state index contributed by atoms with van der Waals surface area (Å²) in [4.78, 5) is -0.304. The van der Waals surface area contributed by atoms with Crippen LogP contribution < -0.4 is 0 Å². The molecule has 0 aromatic heterocycles. The van der Waals surface area contributed by atoms with Gasteiger partial charge in [0.05, 0.1) is 17.1 Å². The molecular formula is C12H13F3O3S. The molecule has 0 aliphatic heterocycles. The smallest absolute Gasteiger partial charge is 0.266 e. The molecule has 0 aliphatic rings. The van der Waals surface area contributed by atoms with Gasteiger partial charge in [0.25, 0.3) is 10.1 Å². The van der Waals surface area contributed by atoms with Crippen LogP contribution in [0.1, 0.15) is 18.9 Å². The number of benzene rings is 1. The molecule has 0 atom stereocenters. The second kappa shape index (κ2) is 5.75. The summed E-state index contributed by atoms with van der Waals surface area (Å²) in [6.07, 6.45) is -4.14. The van der Waals surface area contributed by atoms with Gasteiger partial charge in [-0.3, -0.25) is 4.18 Å². The van der Waals surface area contributed by atoms with Crippen molar-refractivity contribution >= 4 is 10.1 Å². The van der Waals surface area contributed by atoms with Crippen LogP contribution in [0.15, 0.2) is 41.3 Å². The minimum atomic E-state index is -4.50. The molecule has 0 spiro atoms. The summed E-state index contributed by atoms with van der Waals surface area (Å²) in [6.45, 7) is 5.22. The Kier molecular flexibility index (Phi) is 4.75. The molecule has 1 rings (SSSR count). The molecule has 106 valence electrons. The predicted molar refractivity (Wildman–Crippen MR) is 64.0 cm³/mol. The Morgan fingerprint density at radius 1 is 1.26 bits per heavy atom. The standard InChI is InChI=1S/C12H13F3O3S/c1-9(2)7-8-18-19(16,17)11-5-3-10(4-6-11)12(13,14)15/h3-6H,1,7-8H2,2H3. The molecule has 0 radical (unpaired) electrons. The third-order valence-electron chi connectivity index (χ3n) is 2.24. The zero-order chi connectivity index (χ0) is 14.7. The van der Waals surface area contributed by atoms with E-state index in [2.05, 4.69) is 10.8 Å². The predicted octanol–water partition coefficient (Wildman–Crippen LogP) is 3.38. The lowest BCUT2D eigenvalue weighted by molar-refractivity contribution is -0.137. The Morgan fingerprint density at radius 3 is 2.21 bits per heavy atom. The fourth-order valence-corrected chi connectivity index (χ4v) is 2.11. The van der Waals surface area contributed by atoms with Gasteiger partial charge in [-0.2, -0.15) is 21.6 Å². The van der Waals surface area contributed by atoms with Crippen LogP contribution in [0, 0.1) is 0 Å². The maximum Gasteiger partial charge on any atom is 0.416 e. The highest BCUT2D eigenvalue weighted by Gasteiger charge is 2.30. The van der Waals surface area contributed by atoms with Crippen LogP contribution in [-0.2, 0) is 20.5 Å². The first-order chi connectivity index (χ1) is 8.63. The molecule has 0 aliphatic carbocycles. The summed E-state index contributed by atoms with van der Waals surface area (Å²) < 4.78 is 64.9. The first-order valence-corrected chi connectivity index (χ1v) is 6.75. The molecule has 7 heteroatoms. The quantitative estimate of drug-likeness (QED) is 0.617. The van der Waals surface area contributed by atoms with Crippen molar-refractivity contribution in [3.63, 3.8) is 0 Å². The average molecular weight is 294 g/mol. The van der Waals surface area contributed by atoms with Gasteiger partial charge >= 0.3 is 6.18 Å². The highest BCUT2D eigenvalue weighted by atomic mass is 32.2. The van der Waals surface area contributed by atoms with Crippen molar-refractivity contribution in [3.05, 3.63) is 42.0 Å². The van der Waals surface area contributed by atoms with E-state index in [9.17, 15) is 21.6 Å². The fraction of sp³-hybridized carbons (Fsp3) is 0.333. The summed E-state index contributed by atoms with van der Waals surface area (Å²) in [6, 6.07) is 3.15. The third-order valence-corrected chi connectivity index (χ3v) is 3.56. The van der Waals surface area contributed by atoms with E-state index in [1.54, 1.807) is 6.92 Å². The van der Waals surface area contributed by atoms with Crippen LogP contribution in [0.2, 0.25) is 0 Å². The summed E-state index contributed by atoms with van der Waals surface area (Å²) in [5.74, 6) is 0. The number of halogens is 3. The Morgan fingerprint density at radius 2 is 1.79 bits per heavy atom. The van der Waals surface area contributed by atoms with Crippen LogP contribution in [0.4, 0.5) is 13.2 Å². The molecule has 0 unspecified atom stereocenters. The molecule has 0 bridgehead atoms. The zero-order valence-electron chi connectivity index (χ0n) is 10.2. The van der Waals surface area contributed by atoms with Gasteiger partial charge in [-0.1, -0.05) is 5.57 Å². The third kappa shape index (κ3) is 4.68. The van der Waals surface area contributed by atoms with Gasteiger partial charge in [0.1, 0.15) is 0 Å². The highest BCUT2D eigenvalue weighted by molar-refractivity contribution is 7.86. The van der Waals surface area contributed by atoms with Gasteiger partial charge in [-0.25, -0.2) is 0 Å². The van der Waals surface area contributed by atoms with Gasteiger partial charge in [0.15, 0.2) is 0 Å². The molecule has 0 fully saturated rings. The van der Waals surface area contributed by atoms with Crippen molar-refractivity contribution in [2.45, 2.75) is 24.4 Å². The van der Waals surface area contributed by atoms with Gasteiger partial charge in [-0.05, 0) is 37.6 Å². The molecule has 0 heterocycles. The lowest BCUT2D eigenvalue weighted by Gasteiger charge is -2.08. The number of alkyl halides is 3. The van der Waals surface area contributed by atoms with Crippen molar-refractivity contribution < 1.29 is 25.8 Å². The second-order valence-corrected chi connectivity index (χ2v) is 5.62. The molecule has 0 saturated carbocycles. The summed E-state index contributed by atoms with van der Waals surface area (Å²) in [5.41, 5.74) is -0.156. The normalized spacial score (nSPS) is 12.4. The molecule has 3 nitrogen and oxygen atoms in total. The van der Waals surface area contributed by atoms with Crippen molar-refractivity contribution in [2.75, 3.05) is 6.61 Å². The molecular weight excluding hydrogens is 281 g/mol. The van der Waals surface area contributed by atoms with Crippen LogP contribution in [0.3, 0.4) is 0 Å². The fourth-order valence-electron chi connectivity index (χ4n) is 1.20. The van der Waals surface area contributed by atoms with E-state index in [1.165, 1.54) is 0 Å². The van der Waals surface area contributed by atoms with Crippen molar-refractivity contribution in [1.29, 1.82) is 0 Å². The highest BCUT2D eigenvalue weighted by Crippen LogP contribution is 2.29. The van der Waals surface area contributed by atoms with Crippen molar-refractivity contribution in [1.82, 2.24) is 0 Å². The lowest BCUT2D eigenvalue weighted by Crippen LogP contribution is -2.09. The van der Waals surface area contributed by atoms with Crippen LogP contribution in [0.25, 0.3) is 0 Å². The van der Waals surface area contributed by atoms with E-state index in [0.29, 0.717) is 18.6 Å². The van der Waals surface area contributed by atoms with E-state index in [1.807, 2.05) is 0 Å². The van der Waals surface area contributed by atoms with Gasteiger partial charge in [-0.15, -0.1) is 6.58 Å². The lowest BCUT2D eigenvalue weighted by atomic mass is 10.2. The number of rotatable bonds is 5. The number of hydrogen-bond acceptors (Lipinski definition) is 3. The average Bonchev–Trinajstić information content (AvgIpc) is 2.27. The molecule has 0 N–H and O–H groups in total. The monoisotopic (exact) mass is 294 g/mol. The van der Waals surface area contributed by atoms with E-state index in [0.717, 1.165) is 17.7 Å². The maximum absolute atomic E-state index is 12.3. The topological polar surface area (TPSA) is 43.4 Å². The van der Waals surface area contributed by atoms with Crippen molar-refractivity contribution in [3.8, 4) is 0 Å². The first kappa shape index (κ1) is 15.7. The molecule has 1 aromatic rings. The Balaban J connectivity index is 2.82. The SMILES string of the molecule is C=C(C)CCOS(=O)(=O)c1ccc(C(F)(F)F)cc1. The summed E-state index contributed by atoms with van der Waals surface area (Å²) >= 11 is 0. The zero-order valence-corrected chi connectivity index (χ0v) is 11.0. The summed E-state index contributed by atoms with van der Waals surface area (Å²) in [5, 5.41) is 0.